The number of alkyl carbamates (subject to hydrolysis) is 1. The quantitative estimate of drug-likeness (QED) is 0.167. The Morgan fingerprint density at radius 1 is 1.00 bits per heavy atom. The van der Waals surface area contributed by atoms with Crippen LogP contribution >= 0.6 is 0 Å². The molecule has 2 aromatic heterocycles. The minimum Gasteiger partial charge on any atom is -0.470 e. The van der Waals surface area contributed by atoms with E-state index in [0.717, 1.165) is 18.6 Å². The first-order valence-electron chi connectivity index (χ1n) is 21.1. The maximum atomic E-state index is 14.7. The Morgan fingerprint density at radius 3 is 2.43 bits per heavy atom. The van der Waals surface area contributed by atoms with E-state index in [2.05, 4.69) is 25.3 Å². The lowest BCUT2D eigenvalue weighted by atomic mass is 10.0. The Labute approximate surface area is 361 Å². The third kappa shape index (κ3) is 9.06. The summed E-state index contributed by atoms with van der Waals surface area (Å²) < 4.78 is 86.2. The molecule has 0 spiro atoms. The highest BCUT2D eigenvalue weighted by Crippen LogP contribution is 2.48. The molecule has 2 aliphatic heterocycles. The van der Waals surface area contributed by atoms with Crippen LogP contribution in [0.1, 0.15) is 91.0 Å². The summed E-state index contributed by atoms with van der Waals surface area (Å²) in [6.45, 7) is 6.39. The Bertz CT molecular complexity index is 2600. The van der Waals surface area contributed by atoms with Gasteiger partial charge in [0.25, 0.3) is 11.8 Å². The lowest BCUT2D eigenvalue weighted by Crippen LogP contribution is -2.58. The predicted octanol–water partition coefficient (Wildman–Crippen LogP) is 6.70. The number of allylic oxidation sites excluding steroid dienone is 1. The van der Waals surface area contributed by atoms with Gasteiger partial charge in [-0.25, -0.2) is 18.2 Å². The first kappa shape index (κ1) is 43.9. The molecule has 2 aliphatic carbocycles. The second-order valence-corrected chi connectivity index (χ2v) is 20.3. The number of nitrogens with one attached hydrogen (secondary N) is 3. The number of rotatable bonds is 7. The number of aromatic nitrogens is 2. The Balaban J connectivity index is 1.15. The number of carbonyl (C=O) groups is 4. The van der Waals surface area contributed by atoms with Gasteiger partial charge in [0.1, 0.15) is 40.4 Å². The number of fused-ring (bicyclic) bond motifs is 5. The molecule has 4 heterocycles. The van der Waals surface area contributed by atoms with Gasteiger partial charge in [-0.1, -0.05) is 49.3 Å². The summed E-state index contributed by atoms with van der Waals surface area (Å²) in [4.78, 5) is 67.0. The van der Waals surface area contributed by atoms with Crippen LogP contribution in [-0.4, -0.2) is 87.7 Å². The second-order valence-electron chi connectivity index (χ2n) is 18.1. The van der Waals surface area contributed by atoms with Crippen molar-refractivity contribution in [1.29, 1.82) is 0 Å². The van der Waals surface area contributed by atoms with Crippen LogP contribution in [0.4, 0.5) is 18.0 Å². The Morgan fingerprint density at radius 2 is 1.73 bits per heavy atom. The summed E-state index contributed by atoms with van der Waals surface area (Å²) >= 11 is 0. The number of sulfonamides is 1. The van der Waals surface area contributed by atoms with Crippen molar-refractivity contribution in [3.63, 3.8) is 0 Å². The second kappa shape index (κ2) is 16.1. The van der Waals surface area contributed by atoms with Gasteiger partial charge in [0.05, 0.1) is 16.9 Å². The summed E-state index contributed by atoms with van der Waals surface area (Å²) in [6.07, 6.45) is 0.871. The third-order valence-corrected chi connectivity index (χ3v) is 14.3. The van der Waals surface area contributed by atoms with E-state index in [-0.39, 0.29) is 48.7 Å². The Kier molecular flexibility index (Phi) is 11.2. The van der Waals surface area contributed by atoms with Gasteiger partial charge in [-0.3, -0.25) is 19.1 Å². The molecule has 3 N–H and O–H groups in total. The standard InChI is InChI=1S/C44H49F3N6O9S/c1-41(2,3)62-40(57)48-30-14-9-7-5-6-8-12-27-23-43(27,39(56)52-63(58,59)42(4)20-21-42)51-36(54)31-22-28(24-53(31)38(30)55)60-37-34-33(29-13-10-11-15-32(29)61-34)49-35(50-37)25-16-18-26(19-17-25)44(45,46)47/h8,10-13,15-19,27-28,30-31H,5-7,9,14,20-24H2,1-4H3,(H,48,57)(H,51,54)(H,52,56)/b12-8-. The number of ether oxygens (including phenoxy) is 2. The fraction of sp³-hybridized carbons (Fsp3) is 0.500. The molecular formula is C44H49F3N6O9S. The molecule has 4 amide bonds. The van der Waals surface area contributed by atoms with Crippen LogP contribution in [0.5, 0.6) is 5.88 Å². The van der Waals surface area contributed by atoms with Crippen molar-refractivity contribution in [2.45, 2.75) is 126 Å². The number of halogens is 3. The number of hydrogen-bond acceptors (Lipinski definition) is 11. The molecule has 0 radical (unpaired) electrons. The van der Waals surface area contributed by atoms with Crippen LogP contribution in [0.25, 0.3) is 33.5 Å². The van der Waals surface area contributed by atoms with Crippen molar-refractivity contribution in [3.8, 4) is 17.3 Å². The van der Waals surface area contributed by atoms with Gasteiger partial charge in [0, 0.05) is 23.3 Å². The van der Waals surface area contributed by atoms with Crippen LogP contribution < -0.4 is 20.1 Å². The lowest BCUT2D eigenvalue weighted by Gasteiger charge is -2.30. The molecule has 3 fully saturated rings. The number of amides is 4. The predicted molar refractivity (Wildman–Crippen MR) is 223 cm³/mol. The van der Waals surface area contributed by atoms with E-state index in [9.17, 15) is 40.8 Å². The minimum absolute atomic E-state index is 0.0249. The fourth-order valence-corrected chi connectivity index (χ4v) is 9.45. The third-order valence-electron chi connectivity index (χ3n) is 12.1. The van der Waals surface area contributed by atoms with E-state index in [1.54, 1.807) is 52.0 Å². The minimum atomic E-state index is -4.57. The van der Waals surface area contributed by atoms with Crippen molar-refractivity contribution < 1.29 is 54.7 Å². The molecule has 2 aromatic carbocycles. The summed E-state index contributed by atoms with van der Waals surface area (Å²) in [6, 6.07) is 8.87. The lowest BCUT2D eigenvalue weighted by molar-refractivity contribution is -0.141. The van der Waals surface area contributed by atoms with Gasteiger partial charge in [-0.15, -0.1) is 0 Å². The molecule has 4 aromatic rings. The van der Waals surface area contributed by atoms with E-state index in [1.807, 2.05) is 12.2 Å². The highest BCUT2D eigenvalue weighted by molar-refractivity contribution is 7.91. The van der Waals surface area contributed by atoms with Crippen LogP contribution in [-0.2, 0) is 35.3 Å². The van der Waals surface area contributed by atoms with Crippen LogP contribution in [0.15, 0.2) is 65.1 Å². The van der Waals surface area contributed by atoms with E-state index in [1.165, 1.54) is 17.0 Å². The molecule has 1 saturated heterocycles. The number of para-hydroxylation sites is 1. The molecule has 336 valence electrons. The maximum Gasteiger partial charge on any atom is 0.416 e. The van der Waals surface area contributed by atoms with Crippen molar-refractivity contribution in [3.05, 3.63) is 66.2 Å². The van der Waals surface area contributed by atoms with Gasteiger partial charge in [-0.05, 0) is 90.5 Å². The zero-order valence-corrected chi connectivity index (χ0v) is 36.0. The molecule has 5 atom stereocenters. The van der Waals surface area contributed by atoms with Crippen LogP contribution in [0.3, 0.4) is 0 Å². The van der Waals surface area contributed by atoms with E-state index < -0.39 is 85.6 Å². The van der Waals surface area contributed by atoms with Gasteiger partial charge in [0.15, 0.2) is 5.82 Å². The van der Waals surface area contributed by atoms with Crippen LogP contribution in [0, 0.1) is 5.92 Å². The smallest absolute Gasteiger partial charge is 0.416 e. The number of hydrogen-bond donors (Lipinski definition) is 3. The summed E-state index contributed by atoms with van der Waals surface area (Å²) in [5.74, 6) is -2.84. The monoisotopic (exact) mass is 894 g/mol. The molecule has 15 nitrogen and oxygen atoms in total. The summed E-state index contributed by atoms with van der Waals surface area (Å²) in [5, 5.41) is 6.11. The van der Waals surface area contributed by atoms with Crippen molar-refractivity contribution >= 4 is 55.9 Å². The maximum absolute atomic E-state index is 14.7. The van der Waals surface area contributed by atoms with E-state index in [0.29, 0.717) is 48.6 Å². The molecule has 63 heavy (non-hydrogen) atoms. The molecule has 0 bridgehead atoms. The average molecular weight is 895 g/mol. The highest BCUT2D eigenvalue weighted by Gasteiger charge is 2.63. The van der Waals surface area contributed by atoms with Crippen LogP contribution in [0.2, 0.25) is 0 Å². The number of nitrogens with zero attached hydrogens (tertiary/aromatic N) is 3. The largest absolute Gasteiger partial charge is 0.470 e. The van der Waals surface area contributed by atoms with E-state index in [4.69, 9.17) is 13.9 Å². The van der Waals surface area contributed by atoms with Gasteiger partial charge in [0.2, 0.25) is 27.4 Å². The molecule has 4 aliphatic rings. The number of carbonyl (C=O) groups excluding carboxylic acids is 4. The Hall–Kier alpha value is -5.72. The highest BCUT2D eigenvalue weighted by atomic mass is 32.2. The normalized spacial score (nSPS) is 25.8. The molecule has 2 saturated carbocycles. The van der Waals surface area contributed by atoms with E-state index >= 15 is 0 Å². The average Bonchev–Trinajstić information content (AvgIpc) is 4.03. The summed E-state index contributed by atoms with van der Waals surface area (Å²) in [7, 11) is -4.07. The SMILES string of the molecule is CC(C)(C)OC(=O)NC1CCCCC/C=C\C2CC2(C(=O)NS(=O)(=O)C2(C)CC2)NC(=O)C2CC(Oc3nc(-c4ccc(C(F)(F)F)cc4)nc4c3oc3ccccc34)CN2C1=O. The fourth-order valence-electron chi connectivity index (χ4n) is 8.14. The van der Waals surface area contributed by atoms with Gasteiger partial charge >= 0.3 is 12.3 Å². The number of alkyl halides is 3. The molecular weight excluding hydrogens is 846 g/mol. The van der Waals surface area contributed by atoms with Crippen molar-refractivity contribution in [1.82, 2.24) is 30.2 Å². The first-order valence-corrected chi connectivity index (χ1v) is 22.5. The van der Waals surface area contributed by atoms with Gasteiger partial charge in [-0.2, -0.15) is 18.2 Å². The summed E-state index contributed by atoms with van der Waals surface area (Å²) in [5.41, 5.74) is -2.27. The number of furan rings is 1. The first-order chi connectivity index (χ1) is 29.7. The molecule has 19 heteroatoms. The van der Waals surface area contributed by atoms with Crippen molar-refractivity contribution in [2.24, 2.45) is 5.92 Å². The topological polar surface area (TPSA) is 199 Å². The van der Waals surface area contributed by atoms with Crippen molar-refractivity contribution in [2.75, 3.05) is 6.54 Å². The molecule has 8 rings (SSSR count). The molecule has 5 unspecified atom stereocenters. The zero-order valence-electron chi connectivity index (χ0n) is 35.2. The number of benzene rings is 2. The van der Waals surface area contributed by atoms with Gasteiger partial charge < -0.3 is 29.4 Å². The zero-order chi connectivity index (χ0) is 45.1.